The topological polar surface area (TPSA) is 12.9 Å². The third-order valence-electron chi connectivity index (χ3n) is 2.86. The quantitative estimate of drug-likeness (QED) is 0.628. The molecule has 0 atom stereocenters. The van der Waals surface area contributed by atoms with Gasteiger partial charge in [0.25, 0.3) is 0 Å². The zero-order valence-electron chi connectivity index (χ0n) is 10.2. The number of pyridine rings is 1. The number of alkyl halides is 6. The van der Waals surface area contributed by atoms with Crippen LogP contribution in [0.5, 0.6) is 0 Å². The first kappa shape index (κ1) is 14.6. The van der Waals surface area contributed by atoms with Gasteiger partial charge >= 0.3 is 12.4 Å². The second-order valence-corrected chi connectivity index (χ2v) is 4.34. The van der Waals surface area contributed by atoms with Crippen LogP contribution in [0.1, 0.15) is 28.9 Å². The summed E-state index contributed by atoms with van der Waals surface area (Å²) in [6.45, 7) is 1.33. The van der Waals surface area contributed by atoms with Crippen molar-refractivity contribution in [2.45, 2.75) is 25.7 Å². The normalized spacial score (nSPS) is 15.7. The largest absolute Gasteiger partial charge is 0.433 e. The monoisotopic (exact) mass is 293 g/mol. The van der Waals surface area contributed by atoms with E-state index in [0.717, 1.165) is 12.1 Å². The molecular weight excluding hydrogens is 284 g/mol. The van der Waals surface area contributed by atoms with E-state index in [4.69, 9.17) is 0 Å². The van der Waals surface area contributed by atoms with E-state index in [0.29, 0.717) is 0 Å². The number of halogens is 6. The number of aryl methyl sites for hydroxylation is 1. The van der Waals surface area contributed by atoms with Crippen molar-refractivity contribution < 1.29 is 26.3 Å². The SMILES string of the molecule is Cc1cc(C(F)(F)F)nc2c1C=CCC=C2C(F)(F)F. The van der Waals surface area contributed by atoms with Gasteiger partial charge in [0, 0.05) is 5.56 Å². The molecule has 1 aromatic heterocycles. The zero-order chi connectivity index (χ0) is 15.1. The molecule has 0 N–H and O–H groups in total. The second kappa shape index (κ2) is 4.64. The first-order valence-corrected chi connectivity index (χ1v) is 5.64. The molecule has 0 spiro atoms. The van der Waals surface area contributed by atoms with Crippen molar-refractivity contribution in [3.05, 3.63) is 40.7 Å². The van der Waals surface area contributed by atoms with Gasteiger partial charge in [-0.05, 0) is 25.0 Å². The number of nitrogens with zero attached hydrogens (tertiary/aromatic N) is 1. The maximum atomic E-state index is 12.9. The van der Waals surface area contributed by atoms with Crippen molar-refractivity contribution in [2.24, 2.45) is 0 Å². The molecule has 1 aliphatic rings. The van der Waals surface area contributed by atoms with Gasteiger partial charge in [-0.3, -0.25) is 0 Å². The van der Waals surface area contributed by atoms with Gasteiger partial charge in [-0.15, -0.1) is 0 Å². The minimum absolute atomic E-state index is 0.00794. The van der Waals surface area contributed by atoms with Gasteiger partial charge in [-0.25, -0.2) is 4.98 Å². The summed E-state index contributed by atoms with van der Waals surface area (Å²) in [6.07, 6.45) is -5.87. The first-order chi connectivity index (χ1) is 9.10. The highest BCUT2D eigenvalue weighted by Gasteiger charge is 2.40. The summed E-state index contributed by atoms with van der Waals surface area (Å²) in [5.41, 5.74) is -2.95. The van der Waals surface area contributed by atoms with Gasteiger partial charge in [0.15, 0.2) is 0 Å². The van der Waals surface area contributed by atoms with Gasteiger partial charge in [-0.2, -0.15) is 26.3 Å². The van der Waals surface area contributed by atoms with Crippen LogP contribution in [-0.4, -0.2) is 11.2 Å². The first-order valence-electron chi connectivity index (χ1n) is 5.64. The molecule has 0 unspecified atom stereocenters. The lowest BCUT2D eigenvalue weighted by Gasteiger charge is -2.16. The van der Waals surface area contributed by atoms with Crippen molar-refractivity contribution in [3.63, 3.8) is 0 Å². The fraction of sp³-hybridized carbons (Fsp3) is 0.308. The molecule has 0 amide bonds. The smallest absolute Gasteiger partial charge is 0.243 e. The maximum absolute atomic E-state index is 12.9. The predicted molar refractivity (Wildman–Crippen MR) is 61.7 cm³/mol. The van der Waals surface area contributed by atoms with E-state index in [1.807, 2.05) is 0 Å². The van der Waals surface area contributed by atoms with Crippen LogP contribution in [0.15, 0.2) is 18.2 Å². The van der Waals surface area contributed by atoms with Crippen LogP contribution in [0.25, 0.3) is 11.6 Å². The second-order valence-electron chi connectivity index (χ2n) is 4.34. The van der Waals surface area contributed by atoms with Crippen molar-refractivity contribution in [1.82, 2.24) is 4.98 Å². The molecule has 0 bridgehead atoms. The summed E-state index contributed by atoms with van der Waals surface area (Å²) in [6, 6.07) is 0.752. The maximum Gasteiger partial charge on any atom is 0.433 e. The Hall–Kier alpha value is -1.79. The summed E-state index contributed by atoms with van der Waals surface area (Å²) in [4.78, 5) is 3.19. The van der Waals surface area contributed by atoms with E-state index in [1.165, 1.54) is 19.1 Å². The summed E-state index contributed by atoms with van der Waals surface area (Å²) >= 11 is 0. The average Bonchev–Trinajstić information content (AvgIpc) is 2.49. The zero-order valence-corrected chi connectivity index (χ0v) is 10.2. The lowest BCUT2D eigenvalue weighted by molar-refractivity contribution is -0.141. The molecule has 7 heteroatoms. The average molecular weight is 293 g/mol. The van der Waals surface area contributed by atoms with Crippen molar-refractivity contribution in [1.29, 1.82) is 0 Å². The van der Waals surface area contributed by atoms with Crippen LogP contribution in [-0.2, 0) is 6.18 Å². The number of allylic oxidation sites excluding steroid dienone is 3. The molecule has 1 aliphatic carbocycles. The summed E-state index contributed by atoms with van der Waals surface area (Å²) in [5, 5.41) is 0. The van der Waals surface area contributed by atoms with Crippen LogP contribution in [0.2, 0.25) is 0 Å². The summed E-state index contributed by atoms with van der Waals surface area (Å²) in [7, 11) is 0. The van der Waals surface area contributed by atoms with Crippen LogP contribution in [0.4, 0.5) is 26.3 Å². The molecule has 2 rings (SSSR count). The fourth-order valence-electron chi connectivity index (χ4n) is 1.96. The molecule has 1 heterocycles. The van der Waals surface area contributed by atoms with Gasteiger partial charge < -0.3 is 0 Å². The Morgan fingerprint density at radius 3 is 2.25 bits per heavy atom. The van der Waals surface area contributed by atoms with Crippen LogP contribution in [0.3, 0.4) is 0 Å². The fourth-order valence-corrected chi connectivity index (χ4v) is 1.96. The minimum atomic E-state index is -4.79. The Kier molecular flexibility index (Phi) is 3.39. The highest BCUT2D eigenvalue weighted by molar-refractivity contribution is 5.77. The third-order valence-corrected chi connectivity index (χ3v) is 2.86. The molecule has 0 saturated carbocycles. The van der Waals surface area contributed by atoms with Gasteiger partial charge in [0.05, 0.1) is 11.3 Å². The Balaban J connectivity index is 2.73. The van der Waals surface area contributed by atoms with Crippen LogP contribution >= 0.6 is 0 Å². The van der Waals surface area contributed by atoms with Crippen LogP contribution < -0.4 is 0 Å². The third kappa shape index (κ3) is 2.71. The van der Waals surface area contributed by atoms with E-state index in [2.05, 4.69) is 4.98 Å². The number of hydrogen-bond acceptors (Lipinski definition) is 1. The van der Waals surface area contributed by atoms with E-state index in [-0.39, 0.29) is 17.5 Å². The van der Waals surface area contributed by atoms with E-state index < -0.39 is 29.3 Å². The summed E-state index contributed by atoms with van der Waals surface area (Å²) in [5.74, 6) is 0. The molecule has 0 aliphatic heterocycles. The highest BCUT2D eigenvalue weighted by Crippen LogP contribution is 2.39. The van der Waals surface area contributed by atoms with E-state index in [1.54, 1.807) is 0 Å². The molecule has 108 valence electrons. The highest BCUT2D eigenvalue weighted by atomic mass is 19.4. The van der Waals surface area contributed by atoms with Gasteiger partial charge in [0.1, 0.15) is 5.69 Å². The minimum Gasteiger partial charge on any atom is -0.243 e. The van der Waals surface area contributed by atoms with Crippen molar-refractivity contribution in [2.75, 3.05) is 0 Å². The molecule has 1 nitrogen and oxygen atoms in total. The lowest BCUT2D eigenvalue weighted by atomic mass is 10.0. The van der Waals surface area contributed by atoms with Gasteiger partial charge in [0.2, 0.25) is 0 Å². The Bertz CT molecular complexity index is 592. The Morgan fingerprint density at radius 2 is 1.70 bits per heavy atom. The summed E-state index contributed by atoms with van der Waals surface area (Å²) < 4.78 is 76.9. The molecular formula is C13H9F6N. The standard InChI is InChI=1S/C13H9F6N/c1-7-6-10(13(17,18)19)20-11-8(7)4-2-3-5-9(11)12(14,15)16/h2,4-6H,3H2,1H3. The molecule has 20 heavy (non-hydrogen) atoms. The molecule has 0 aromatic carbocycles. The molecule has 0 saturated heterocycles. The number of hydrogen-bond donors (Lipinski definition) is 0. The Morgan fingerprint density at radius 1 is 1.05 bits per heavy atom. The molecule has 0 radical (unpaired) electrons. The van der Waals surface area contributed by atoms with E-state index in [9.17, 15) is 26.3 Å². The lowest BCUT2D eigenvalue weighted by Crippen LogP contribution is -2.17. The molecule has 0 fully saturated rings. The van der Waals surface area contributed by atoms with E-state index >= 15 is 0 Å². The number of fused-ring (bicyclic) bond motifs is 1. The Labute approximate surface area is 110 Å². The van der Waals surface area contributed by atoms with Crippen LogP contribution in [0, 0.1) is 6.92 Å². The van der Waals surface area contributed by atoms with Gasteiger partial charge in [-0.1, -0.05) is 18.2 Å². The molecule has 1 aromatic rings. The number of rotatable bonds is 0. The predicted octanol–water partition coefficient (Wildman–Crippen LogP) is 4.77. The number of aromatic nitrogens is 1. The van der Waals surface area contributed by atoms with Crippen molar-refractivity contribution >= 4 is 11.6 Å². The van der Waals surface area contributed by atoms with Crippen molar-refractivity contribution in [3.8, 4) is 0 Å².